The van der Waals surface area contributed by atoms with Crippen molar-refractivity contribution in [2.75, 3.05) is 31.1 Å². The van der Waals surface area contributed by atoms with E-state index in [1.807, 2.05) is 17.0 Å². The summed E-state index contributed by atoms with van der Waals surface area (Å²) in [6.45, 7) is 9.66. The molecule has 1 spiro atoms. The van der Waals surface area contributed by atoms with Gasteiger partial charge in [0.05, 0.1) is 5.02 Å². The molecule has 3 heterocycles. The molecule has 1 saturated heterocycles. The van der Waals surface area contributed by atoms with E-state index in [0.29, 0.717) is 41.6 Å². The molecule has 1 aliphatic carbocycles. The first-order chi connectivity index (χ1) is 13.8. The average molecular weight is 419 g/mol. The molecule has 2 aliphatic heterocycles. The van der Waals surface area contributed by atoms with Crippen molar-refractivity contribution >= 4 is 29.0 Å². The van der Waals surface area contributed by atoms with Crippen molar-refractivity contribution in [1.29, 1.82) is 0 Å². The highest BCUT2D eigenvalue weighted by Gasteiger charge is 2.46. The predicted molar refractivity (Wildman–Crippen MR) is 115 cm³/mol. The average Bonchev–Trinajstić information content (AvgIpc) is 3.11. The van der Waals surface area contributed by atoms with Crippen LogP contribution >= 0.6 is 11.6 Å². The van der Waals surface area contributed by atoms with Gasteiger partial charge in [-0.1, -0.05) is 37.5 Å². The third-order valence-corrected chi connectivity index (χ3v) is 7.11. The lowest BCUT2D eigenvalue weighted by Crippen LogP contribution is -2.51. The topological polar surface area (TPSA) is 58.0 Å². The second kappa shape index (κ2) is 7.78. The van der Waals surface area contributed by atoms with E-state index in [9.17, 15) is 4.79 Å². The molecule has 29 heavy (non-hydrogen) atoms. The quantitative estimate of drug-likeness (QED) is 0.724. The van der Waals surface area contributed by atoms with Crippen molar-refractivity contribution in [3.05, 3.63) is 23.4 Å². The van der Waals surface area contributed by atoms with Gasteiger partial charge in [-0.2, -0.15) is 0 Å². The molecule has 1 saturated carbocycles. The molecule has 1 aromatic heterocycles. The Morgan fingerprint density at radius 3 is 2.52 bits per heavy atom. The molecule has 7 heteroatoms. The normalized spacial score (nSPS) is 27.7. The summed E-state index contributed by atoms with van der Waals surface area (Å²) in [4.78, 5) is 27.3. The molecule has 2 fully saturated rings. The summed E-state index contributed by atoms with van der Waals surface area (Å²) in [5, 5.41) is 4.89. The maximum absolute atomic E-state index is 13.0. The van der Waals surface area contributed by atoms with Crippen LogP contribution in [0.3, 0.4) is 0 Å². The van der Waals surface area contributed by atoms with Crippen LogP contribution in [0.15, 0.2) is 23.5 Å². The number of pyridine rings is 1. The maximum Gasteiger partial charge on any atom is 0.271 e. The van der Waals surface area contributed by atoms with Crippen LogP contribution in [0, 0.1) is 11.3 Å². The van der Waals surface area contributed by atoms with Gasteiger partial charge >= 0.3 is 0 Å². The van der Waals surface area contributed by atoms with Crippen LogP contribution in [0.25, 0.3) is 0 Å². The van der Waals surface area contributed by atoms with E-state index in [0.717, 1.165) is 44.6 Å². The molecule has 0 atom stereocenters. The van der Waals surface area contributed by atoms with Crippen LogP contribution in [0.1, 0.15) is 52.9 Å². The lowest BCUT2D eigenvalue weighted by atomic mass is 9.67. The largest absolute Gasteiger partial charge is 0.388 e. The minimum atomic E-state index is -0.254. The van der Waals surface area contributed by atoms with Gasteiger partial charge in [-0.05, 0) is 49.1 Å². The van der Waals surface area contributed by atoms with Crippen molar-refractivity contribution in [3.8, 4) is 0 Å². The smallest absolute Gasteiger partial charge is 0.271 e. The summed E-state index contributed by atoms with van der Waals surface area (Å²) in [5.41, 5.74) is 0.662. The monoisotopic (exact) mass is 418 g/mol. The Hall–Kier alpha value is -1.82. The molecule has 1 amide bonds. The number of carbonyl (C=O) groups excluding carboxylic acids is 1. The van der Waals surface area contributed by atoms with Gasteiger partial charge in [-0.25, -0.2) is 4.98 Å². The number of hydrogen-bond donors (Lipinski definition) is 0. The molecule has 0 bridgehead atoms. The summed E-state index contributed by atoms with van der Waals surface area (Å²) >= 11 is 6.26. The molecule has 0 aromatic carbocycles. The highest BCUT2D eigenvalue weighted by Crippen LogP contribution is 2.46. The molecule has 3 aliphatic rings. The molecular formula is C22H31ClN4O2. The first-order valence-electron chi connectivity index (χ1n) is 10.7. The Kier molecular flexibility index (Phi) is 5.49. The number of halogens is 1. The lowest BCUT2D eigenvalue weighted by molar-refractivity contribution is -0.124. The summed E-state index contributed by atoms with van der Waals surface area (Å²) in [7, 11) is 0. The number of hydrogen-bond acceptors (Lipinski definition) is 5. The second-order valence-electron chi connectivity index (χ2n) is 9.72. The Balaban J connectivity index is 1.31. The first-order valence-corrected chi connectivity index (χ1v) is 11.1. The van der Waals surface area contributed by atoms with Gasteiger partial charge < -0.3 is 14.6 Å². The zero-order valence-corrected chi connectivity index (χ0v) is 18.4. The van der Waals surface area contributed by atoms with E-state index in [-0.39, 0.29) is 11.5 Å². The Morgan fingerprint density at radius 2 is 1.90 bits per heavy atom. The SMILES string of the molecule is CC(C)(C)[C@H]1CC[C@@]2(CC1)CC(C(=O)N1CCN(c3ncccc3Cl)CC1)=NO2. The molecule has 0 N–H and O–H groups in total. The number of piperazine rings is 1. The van der Waals surface area contributed by atoms with Gasteiger partial charge in [0.15, 0.2) is 0 Å². The fraction of sp³-hybridized carbons (Fsp3) is 0.682. The number of nitrogens with zero attached hydrogens (tertiary/aromatic N) is 4. The highest BCUT2D eigenvalue weighted by molar-refractivity contribution is 6.39. The van der Waals surface area contributed by atoms with Crippen LogP contribution in [-0.2, 0) is 9.63 Å². The molecule has 1 aromatic rings. The van der Waals surface area contributed by atoms with Crippen molar-refractivity contribution in [1.82, 2.24) is 9.88 Å². The molecule has 6 nitrogen and oxygen atoms in total. The standard InChI is InChI=1S/C22H31ClN4O2/c1-21(2,3)16-6-8-22(9-7-16)15-18(25-29-22)20(28)27-13-11-26(12-14-27)19-17(23)5-4-10-24-19/h4-5,10,16H,6-9,11-15H2,1-3H3/t16-,22+. The fourth-order valence-electron chi connectivity index (χ4n) is 4.83. The van der Waals surface area contributed by atoms with Crippen LogP contribution in [0.2, 0.25) is 5.02 Å². The van der Waals surface area contributed by atoms with E-state index in [1.165, 1.54) is 0 Å². The Morgan fingerprint density at radius 1 is 1.21 bits per heavy atom. The van der Waals surface area contributed by atoms with E-state index >= 15 is 0 Å². The Labute approximate surface area is 178 Å². The van der Waals surface area contributed by atoms with E-state index in [1.54, 1.807) is 6.20 Å². The number of anilines is 1. The van der Waals surface area contributed by atoms with Gasteiger partial charge in [0.1, 0.15) is 17.1 Å². The van der Waals surface area contributed by atoms with Crippen molar-refractivity contribution in [3.63, 3.8) is 0 Å². The maximum atomic E-state index is 13.0. The third-order valence-electron chi connectivity index (χ3n) is 6.81. The van der Waals surface area contributed by atoms with Crippen molar-refractivity contribution < 1.29 is 9.63 Å². The highest BCUT2D eigenvalue weighted by atomic mass is 35.5. The number of aromatic nitrogens is 1. The first kappa shape index (κ1) is 20.5. The van der Waals surface area contributed by atoms with E-state index in [4.69, 9.17) is 16.4 Å². The van der Waals surface area contributed by atoms with Crippen LogP contribution < -0.4 is 4.90 Å². The fourth-order valence-corrected chi connectivity index (χ4v) is 5.07. The molecular weight excluding hydrogens is 388 g/mol. The lowest BCUT2D eigenvalue weighted by Gasteiger charge is -2.40. The summed E-state index contributed by atoms with van der Waals surface area (Å²) < 4.78 is 0. The van der Waals surface area contributed by atoms with Gasteiger partial charge in [-0.15, -0.1) is 0 Å². The minimum absolute atomic E-state index is 0.0200. The summed E-state index contributed by atoms with van der Waals surface area (Å²) in [5.74, 6) is 1.52. The van der Waals surface area contributed by atoms with Crippen LogP contribution in [0.5, 0.6) is 0 Å². The zero-order chi connectivity index (χ0) is 20.6. The summed E-state index contributed by atoms with van der Waals surface area (Å²) in [6.07, 6.45) is 6.66. The summed E-state index contributed by atoms with van der Waals surface area (Å²) in [6, 6.07) is 3.68. The van der Waals surface area contributed by atoms with Crippen LogP contribution in [0.4, 0.5) is 5.82 Å². The van der Waals surface area contributed by atoms with Crippen molar-refractivity contribution in [2.24, 2.45) is 16.5 Å². The predicted octanol–water partition coefficient (Wildman–Crippen LogP) is 4.14. The van der Waals surface area contributed by atoms with E-state index in [2.05, 4.69) is 35.8 Å². The number of amides is 1. The van der Waals surface area contributed by atoms with Crippen LogP contribution in [-0.4, -0.2) is 53.3 Å². The third kappa shape index (κ3) is 4.23. The van der Waals surface area contributed by atoms with Gasteiger partial charge in [0, 0.05) is 38.8 Å². The number of rotatable bonds is 2. The minimum Gasteiger partial charge on any atom is -0.388 e. The zero-order valence-electron chi connectivity index (χ0n) is 17.7. The number of oxime groups is 1. The molecule has 0 radical (unpaired) electrons. The molecule has 4 rings (SSSR count). The van der Waals surface area contributed by atoms with Gasteiger partial charge in [0.2, 0.25) is 0 Å². The molecule has 158 valence electrons. The van der Waals surface area contributed by atoms with Crippen molar-refractivity contribution in [2.45, 2.75) is 58.5 Å². The van der Waals surface area contributed by atoms with E-state index < -0.39 is 0 Å². The Bertz CT molecular complexity index is 788. The van der Waals surface area contributed by atoms with Gasteiger partial charge in [-0.3, -0.25) is 4.79 Å². The molecule has 0 unspecified atom stereocenters. The second-order valence-corrected chi connectivity index (χ2v) is 10.1. The number of carbonyl (C=O) groups is 1. The van der Waals surface area contributed by atoms with Gasteiger partial charge in [0.25, 0.3) is 5.91 Å².